The molecule has 1 aliphatic carbocycles. The first-order chi connectivity index (χ1) is 8.54. The van der Waals surface area contributed by atoms with Gasteiger partial charge in [-0.3, -0.25) is 4.79 Å². The molecule has 0 aromatic carbocycles. The minimum absolute atomic E-state index is 0.164. The van der Waals surface area contributed by atoms with Crippen LogP contribution in [0.25, 0.3) is 0 Å². The third kappa shape index (κ3) is 2.69. The fourth-order valence-electron chi connectivity index (χ4n) is 3.28. The molecule has 1 saturated heterocycles. The van der Waals surface area contributed by atoms with Crippen molar-refractivity contribution in [3.63, 3.8) is 0 Å². The van der Waals surface area contributed by atoms with Crippen molar-refractivity contribution in [1.29, 1.82) is 0 Å². The van der Waals surface area contributed by atoms with E-state index in [1.54, 1.807) is 0 Å². The molecular formula is C14H26N2O2. The van der Waals surface area contributed by atoms with E-state index in [1.165, 1.54) is 0 Å². The largest absolute Gasteiger partial charge is 0.393 e. The zero-order valence-corrected chi connectivity index (χ0v) is 11.5. The molecule has 4 nitrogen and oxygen atoms in total. The van der Waals surface area contributed by atoms with Crippen LogP contribution in [-0.4, -0.2) is 36.2 Å². The monoisotopic (exact) mass is 254 g/mol. The first-order valence-electron chi connectivity index (χ1n) is 7.24. The van der Waals surface area contributed by atoms with Crippen molar-refractivity contribution in [3.05, 3.63) is 0 Å². The Morgan fingerprint density at radius 2 is 2.22 bits per heavy atom. The highest BCUT2D eigenvalue weighted by atomic mass is 16.3. The van der Waals surface area contributed by atoms with Crippen LogP contribution in [0.2, 0.25) is 0 Å². The van der Waals surface area contributed by atoms with Crippen LogP contribution in [0.5, 0.6) is 0 Å². The average Bonchev–Trinajstić information content (AvgIpc) is 2.79. The normalized spacial score (nSPS) is 36.9. The molecule has 3 unspecified atom stereocenters. The number of hydrogen-bond acceptors (Lipinski definition) is 3. The lowest BCUT2D eigenvalue weighted by Crippen LogP contribution is -2.50. The molecule has 104 valence electrons. The minimum Gasteiger partial charge on any atom is -0.393 e. The maximum absolute atomic E-state index is 12.6. The summed E-state index contributed by atoms with van der Waals surface area (Å²) in [5.41, 5.74) is -0.248. The lowest BCUT2D eigenvalue weighted by atomic mass is 9.75. The van der Waals surface area contributed by atoms with Crippen molar-refractivity contribution >= 4 is 5.91 Å². The summed E-state index contributed by atoms with van der Waals surface area (Å²) in [4.78, 5) is 12.6. The van der Waals surface area contributed by atoms with E-state index < -0.39 is 0 Å². The summed E-state index contributed by atoms with van der Waals surface area (Å²) in [5.74, 6) is 0.530. The molecule has 2 aliphatic rings. The molecule has 3 atom stereocenters. The van der Waals surface area contributed by atoms with Crippen LogP contribution in [0.1, 0.15) is 46.0 Å². The number of aliphatic hydroxyl groups excluding tert-OH is 1. The lowest BCUT2D eigenvalue weighted by Gasteiger charge is -2.35. The number of rotatable bonds is 3. The Kier molecular flexibility index (Phi) is 4.28. The quantitative estimate of drug-likeness (QED) is 0.705. The Labute approximate surface area is 110 Å². The van der Waals surface area contributed by atoms with E-state index in [4.69, 9.17) is 0 Å². The second kappa shape index (κ2) is 5.57. The van der Waals surface area contributed by atoms with Gasteiger partial charge in [0, 0.05) is 12.6 Å². The van der Waals surface area contributed by atoms with Gasteiger partial charge in [-0.05, 0) is 44.6 Å². The van der Waals surface area contributed by atoms with Crippen LogP contribution in [0, 0.1) is 11.3 Å². The van der Waals surface area contributed by atoms with Crippen LogP contribution in [0.3, 0.4) is 0 Å². The van der Waals surface area contributed by atoms with Crippen molar-refractivity contribution in [2.75, 3.05) is 13.1 Å². The first-order valence-corrected chi connectivity index (χ1v) is 7.24. The first kappa shape index (κ1) is 13.8. The van der Waals surface area contributed by atoms with Gasteiger partial charge in [0.05, 0.1) is 11.5 Å². The van der Waals surface area contributed by atoms with Crippen molar-refractivity contribution in [2.24, 2.45) is 11.3 Å². The molecule has 0 aromatic rings. The van der Waals surface area contributed by atoms with Crippen molar-refractivity contribution in [1.82, 2.24) is 10.6 Å². The number of amides is 1. The summed E-state index contributed by atoms with van der Waals surface area (Å²) < 4.78 is 0. The second-order valence-corrected chi connectivity index (χ2v) is 6.23. The van der Waals surface area contributed by atoms with Gasteiger partial charge in [0.15, 0.2) is 0 Å². The molecule has 2 fully saturated rings. The Morgan fingerprint density at radius 1 is 1.44 bits per heavy atom. The molecule has 1 heterocycles. The van der Waals surface area contributed by atoms with E-state index in [0.717, 1.165) is 38.8 Å². The Bertz CT molecular complexity index is 298. The molecule has 0 radical (unpaired) electrons. The Balaban J connectivity index is 1.97. The van der Waals surface area contributed by atoms with Crippen LogP contribution in [-0.2, 0) is 4.79 Å². The van der Waals surface area contributed by atoms with Gasteiger partial charge in [0.1, 0.15) is 0 Å². The van der Waals surface area contributed by atoms with Crippen LogP contribution in [0.15, 0.2) is 0 Å². The zero-order chi connectivity index (χ0) is 13.2. The zero-order valence-electron chi connectivity index (χ0n) is 11.5. The highest BCUT2D eigenvalue weighted by molar-refractivity contribution is 5.83. The van der Waals surface area contributed by atoms with Crippen LogP contribution >= 0.6 is 0 Å². The summed E-state index contributed by atoms with van der Waals surface area (Å²) in [7, 11) is 0. The topological polar surface area (TPSA) is 61.4 Å². The van der Waals surface area contributed by atoms with Gasteiger partial charge in [-0.1, -0.05) is 13.8 Å². The van der Waals surface area contributed by atoms with Gasteiger partial charge in [0.25, 0.3) is 0 Å². The molecule has 0 spiro atoms. The maximum Gasteiger partial charge on any atom is 0.228 e. The Morgan fingerprint density at radius 3 is 2.78 bits per heavy atom. The summed E-state index contributed by atoms with van der Waals surface area (Å²) >= 11 is 0. The maximum atomic E-state index is 12.6. The van der Waals surface area contributed by atoms with Crippen LogP contribution in [0.4, 0.5) is 0 Å². The highest BCUT2D eigenvalue weighted by Gasteiger charge is 2.44. The molecule has 1 amide bonds. The minimum atomic E-state index is -0.248. The molecule has 2 rings (SSSR count). The molecule has 1 aliphatic heterocycles. The molecule has 1 saturated carbocycles. The summed E-state index contributed by atoms with van der Waals surface area (Å²) in [6, 6.07) is 0.164. The number of hydrogen-bond donors (Lipinski definition) is 3. The van der Waals surface area contributed by atoms with Gasteiger partial charge >= 0.3 is 0 Å². The average molecular weight is 254 g/mol. The molecule has 0 bridgehead atoms. The Hall–Kier alpha value is -0.610. The van der Waals surface area contributed by atoms with Gasteiger partial charge in [0.2, 0.25) is 5.91 Å². The second-order valence-electron chi connectivity index (χ2n) is 6.23. The third-order valence-electron chi connectivity index (χ3n) is 4.73. The smallest absolute Gasteiger partial charge is 0.228 e. The summed E-state index contributed by atoms with van der Waals surface area (Å²) in [6.07, 6.45) is 4.30. The fourth-order valence-corrected chi connectivity index (χ4v) is 3.28. The van der Waals surface area contributed by atoms with Crippen molar-refractivity contribution in [2.45, 2.75) is 58.1 Å². The summed E-state index contributed by atoms with van der Waals surface area (Å²) in [5, 5.41) is 16.2. The number of nitrogens with one attached hydrogen (secondary N) is 2. The van der Waals surface area contributed by atoms with E-state index in [0.29, 0.717) is 12.3 Å². The number of aliphatic hydroxyl groups is 1. The fraction of sp³-hybridized carbons (Fsp3) is 0.929. The molecule has 4 heteroatoms. The van der Waals surface area contributed by atoms with E-state index in [2.05, 4.69) is 24.5 Å². The molecule has 18 heavy (non-hydrogen) atoms. The number of carbonyl (C=O) groups excluding carboxylic acids is 1. The molecule has 3 N–H and O–H groups in total. The van der Waals surface area contributed by atoms with Gasteiger partial charge in [-0.15, -0.1) is 0 Å². The predicted octanol–water partition coefficient (Wildman–Crippen LogP) is 1.04. The number of carbonyl (C=O) groups is 1. The SMILES string of the molecule is CC(C)C1(C(=O)NC2CCCC(O)C2)CCNC1. The van der Waals surface area contributed by atoms with Crippen LogP contribution < -0.4 is 10.6 Å². The molecule has 0 aromatic heterocycles. The standard InChI is InChI=1S/C14H26N2O2/c1-10(2)14(6-7-15-9-14)13(18)16-11-4-3-5-12(17)8-11/h10-12,15,17H,3-9H2,1-2H3,(H,16,18). The molecular weight excluding hydrogens is 228 g/mol. The van der Waals surface area contributed by atoms with E-state index in [1.807, 2.05) is 0 Å². The van der Waals surface area contributed by atoms with Gasteiger partial charge in [-0.25, -0.2) is 0 Å². The van der Waals surface area contributed by atoms with E-state index >= 15 is 0 Å². The van der Waals surface area contributed by atoms with Crippen molar-refractivity contribution in [3.8, 4) is 0 Å². The van der Waals surface area contributed by atoms with Gasteiger partial charge < -0.3 is 15.7 Å². The van der Waals surface area contributed by atoms with Gasteiger partial charge in [-0.2, -0.15) is 0 Å². The third-order valence-corrected chi connectivity index (χ3v) is 4.73. The predicted molar refractivity (Wildman–Crippen MR) is 71.2 cm³/mol. The highest BCUT2D eigenvalue weighted by Crippen LogP contribution is 2.35. The summed E-state index contributed by atoms with van der Waals surface area (Å²) in [6.45, 7) is 5.97. The lowest BCUT2D eigenvalue weighted by molar-refractivity contribution is -0.133. The van der Waals surface area contributed by atoms with E-state index in [9.17, 15) is 9.90 Å². The van der Waals surface area contributed by atoms with E-state index in [-0.39, 0.29) is 23.5 Å². The van der Waals surface area contributed by atoms with Crippen molar-refractivity contribution < 1.29 is 9.90 Å².